The van der Waals surface area contributed by atoms with Crippen LogP contribution in [0.2, 0.25) is 0 Å². The van der Waals surface area contributed by atoms with Gasteiger partial charge < -0.3 is 9.67 Å². The highest BCUT2D eigenvalue weighted by molar-refractivity contribution is 7.99. The number of hydrogen-bond donors (Lipinski definition) is 1. The second-order valence-corrected chi connectivity index (χ2v) is 6.10. The number of aliphatic hydroxyl groups excluding tert-OH is 1. The van der Waals surface area contributed by atoms with E-state index in [4.69, 9.17) is 0 Å². The Morgan fingerprint density at radius 2 is 2.09 bits per heavy atom. The van der Waals surface area contributed by atoms with Gasteiger partial charge in [-0.15, -0.1) is 0 Å². The summed E-state index contributed by atoms with van der Waals surface area (Å²) in [4.78, 5) is 16.8. The number of benzene rings is 1. The number of aromatic nitrogens is 2. The summed E-state index contributed by atoms with van der Waals surface area (Å²) < 4.78 is 1.82. The van der Waals surface area contributed by atoms with Gasteiger partial charge in [0.15, 0.2) is 10.9 Å². The lowest BCUT2D eigenvalue weighted by molar-refractivity contribution is 0.102. The molecule has 0 atom stereocenters. The highest BCUT2D eigenvalue weighted by Crippen LogP contribution is 2.21. The molecule has 0 spiro atoms. The molecule has 1 aromatic carbocycles. The summed E-state index contributed by atoms with van der Waals surface area (Å²) >= 11 is 1.41. The molecule has 4 nitrogen and oxygen atoms in total. The smallest absolute Gasteiger partial charge is 0.173 e. The number of thioether (sulfide) groups is 1. The van der Waals surface area contributed by atoms with Gasteiger partial charge in [0.1, 0.15) is 0 Å². The summed E-state index contributed by atoms with van der Waals surface area (Å²) in [5.41, 5.74) is 3.85. The summed E-state index contributed by atoms with van der Waals surface area (Å²) in [7, 11) is 1.85. The van der Waals surface area contributed by atoms with Crippen molar-refractivity contribution in [2.45, 2.75) is 38.5 Å². The molecule has 0 saturated carbocycles. The van der Waals surface area contributed by atoms with E-state index in [0.29, 0.717) is 5.75 Å². The Bertz CT molecular complexity index is 665. The van der Waals surface area contributed by atoms with Gasteiger partial charge in [-0.05, 0) is 30.0 Å². The van der Waals surface area contributed by atoms with E-state index in [-0.39, 0.29) is 12.4 Å². The van der Waals surface area contributed by atoms with E-state index in [2.05, 4.69) is 31.0 Å². The monoisotopic (exact) mass is 318 g/mol. The average molecular weight is 318 g/mol. The van der Waals surface area contributed by atoms with Crippen molar-refractivity contribution in [1.82, 2.24) is 9.55 Å². The fraction of sp³-hybridized carbons (Fsp3) is 0.412. The maximum absolute atomic E-state index is 12.5. The number of carbonyl (C=O) groups excluding carboxylic acids is 1. The standard InChI is InChI=1S/C17H22N2O2S/c1-4-12-6-7-13(5-2)15(8-12)16(21)11-22-17-18-9-14(10-20)19(17)3/h6-9,20H,4-5,10-11H2,1-3H3. The molecule has 1 heterocycles. The Balaban J connectivity index is 2.13. The van der Waals surface area contributed by atoms with Crippen LogP contribution in [0.5, 0.6) is 0 Å². The third kappa shape index (κ3) is 3.59. The van der Waals surface area contributed by atoms with Gasteiger partial charge in [0.2, 0.25) is 0 Å². The molecule has 22 heavy (non-hydrogen) atoms. The van der Waals surface area contributed by atoms with Crippen LogP contribution in [-0.2, 0) is 26.5 Å². The molecule has 1 aromatic heterocycles. The van der Waals surface area contributed by atoms with Gasteiger partial charge in [-0.1, -0.05) is 37.7 Å². The molecule has 0 aliphatic carbocycles. The zero-order valence-electron chi connectivity index (χ0n) is 13.3. The summed E-state index contributed by atoms with van der Waals surface area (Å²) in [5.74, 6) is 0.487. The lowest BCUT2D eigenvalue weighted by atomic mass is 9.98. The van der Waals surface area contributed by atoms with E-state index in [0.717, 1.165) is 34.8 Å². The first-order chi connectivity index (χ1) is 10.6. The van der Waals surface area contributed by atoms with E-state index in [1.54, 1.807) is 6.20 Å². The largest absolute Gasteiger partial charge is 0.390 e. The number of rotatable bonds is 7. The Morgan fingerprint density at radius 3 is 2.68 bits per heavy atom. The summed E-state index contributed by atoms with van der Waals surface area (Å²) in [5, 5.41) is 9.93. The van der Waals surface area contributed by atoms with Crippen LogP contribution >= 0.6 is 11.8 Å². The predicted octanol–water partition coefficient (Wildman–Crippen LogP) is 3.01. The number of aliphatic hydroxyl groups is 1. The number of hydrogen-bond acceptors (Lipinski definition) is 4. The van der Waals surface area contributed by atoms with Crippen molar-refractivity contribution in [3.63, 3.8) is 0 Å². The molecule has 0 bridgehead atoms. The normalized spacial score (nSPS) is 10.9. The topological polar surface area (TPSA) is 55.1 Å². The second-order valence-electron chi connectivity index (χ2n) is 5.16. The Labute approximate surface area is 135 Å². The molecular formula is C17H22N2O2S. The highest BCUT2D eigenvalue weighted by atomic mass is 32.2. The maximum atomic E-state index is 12.5. The quantitative estimate of drug-likeness (QED) is 0.630. The number of Topliss-reactive ketones (excluding diaryl/α,β-unsaturated/α-hetero) is 1. The maximum Gasteiger partial charge on any atom is 0.173 e. The first-order valence-electron chi connectivity index (χ1n) is 7.49. The van der Waals surface area contributed by atoms with Crippen LogP contribution < -0.4 is 0 Å². The molecule has 2 aromatic rings. The predicted molar refractivity (Wildman–Crippen MR) is 89.4 cm³/mol. The summed E-state index contributed by atoms with van der Waals surface area (Å²) in [6.45, 7) is 4.11. The molecule has 0 radical (unpaired) electrons. The minimum absolute atomic E-state index is 0.0451. The molecule has 1 N–H and O–H groups in total. The molecule has 0 aliphatic heterocycles. The van der Waals surface area contributed by atoms with Gasteiger partial charge in [-0.3, -0.25) is 4.79 Å². The van der Waals surface area contributed by atoms with Gasteiger partial charge in [0.05, 0.1) is 24.3 Å². The SMILES string of the molecule is CCc1ccc(CC)c(C(=O)CSc2ncc(CO)n2C)c1. The fourth-order valence-corrected chi connectivity index (χ4v) is 3.18. The first kappa shape index (κ1) is 16.8. The number of carbonyl (C=O) groups is 1. The van der Waals surface area contributed by atoms with Crippen molar-refractivity contribution in [2.75, 3.05) is 5.75 Å². The highest BCUT2D eigenvalue weighted by Gasteiger charge is 2.14. The van der Waals surface area contributed by atoms with E-state index >= 15 is 0 Å². The van der Waals surface area contributed by atoms with Crippen LogP contribution in [0.25, 0.3) is 0 Å². The Morgan fingerprint density at radius 1 is 1.32 bits per heavy atom. The van der Waals surface area contributed by atoms with Crippen molar-refractivity contribution < 1.29 is 9.90 Å². The number of nitrogens with zero attached hydrogens (tertiary/aromatic N) is 2. The van der Waals surface area contributed by atoms with Crippen LogP contribution in [0.1, 0.15) is 41.0 Å². The lowest BCUT2D eigenvalue weighted by Crippen LogP contribution is -2.08. The molecule has 2 rings (SSSR count). The molecule has 0 fully saturated rings. The van der Waals surface area contributed by atoms with Crippen LogP contribution in [0.3, 0.4) is 0 Å². The third-order valence-electron chi connectivity index (χ3n) is 3.80. The molecule has 0 amide bonds. The molecule has 0 unspecified atom stereocenters. The summed E-state index contributed by atoms with van der Waals surface area (Å²) in [6.07, 6.45) is 3.42. The minimum Gasteiger partial charge on any atom is -0.390 e. The van der Waals surface area contributed by atoms with Crippen molar-refractivity contribution in [3.05, 3.63) is 46.8 Å². The average Bonchev–Trinajstić information content (AvgIpc) is 2.91. The Hall–Kier alpha value is -1.59. The zero-order chi connectivity index (χ0) is 16.1. The van der Waals surface area contributed by atoms with E-state index in [9.17, 15) is 9.90 Å². The van der Waals surface area contributed by atoms with Gasteiger partial charge >= 0.3 is 0 Å². The van der Waals surface area contributed by atoms with Crippen LogP contribution in [0, 0.1) is 0 Å². The van der Waals surface area contributed by atoms with Crippen molar-refractivity contribution in [1.29, 1.82) is 0 Å². The van der Waals surface area contributed by atoms with Crippen LogP contribution in [0.15, 0.2) is 29.6 Å². The van der Waals surface area contributed by atoms with Gasteiger partial charge in [-0.2, -0.15) is 0 Å². The van der Waals surface area contributed by atoms with Crippen LogP contribution in [0.4, 0.5) is 0 Å². The van der Waals surface area contributed by atoms with Gasteiger partial charge in [0.25, 0.3) is 0 Å². The third-order valence-corrected chi connectivity index (χ3v) is 4.84. The Kier molecular flexibility index (Phi) is 5.80. The number of aryl methyl sites for hydroxylation is 2. The molecule has 118 valence electrons. The molecule has 0 saturated heterocycles. The van der Waals surface area contributed by atoms with E-state index in [1.807, 2.05) is 17.7 Å². The molecular weight excluding hydrogens is 296 g/mol. The van der Waals surface area contributed by atoms with E-state index < -0.39 is 0 Å². The van der Waals surface area contributed by atoms with E-state index in [1.165, 1.54) is 17.3 Å². The van der Waals surface area contributed by atoms with Gasteiger partial charge in [0, 0.05) is 12.6 Å². The second kappa shape index (κ2) is 7.61. The van der Waals surface area contributed by atoms with Crippen LogP contribution in [-0.4, -0.2) is 26.2 Å². The number of ketones is 1. The first-order valence-corrected chi connectivity index (χ1v) is 8.48. The molecule has 5 heteroatoms. The summed E-state index contributed by atoms with van der Waals surface area (Å²) in [6, 6.07) is 6.16. The lowest BCUT2D eigenvalue weighted by Gasteiger charge is -2.09. The minimum atomic E-state index is -0.0451. The molecule has 0 aliphatic rings. The number of imidazole rings is 1. The van der Waals surface area contributed by atoms with Crippen molar-refractivity contribution >= 4 is 17.5 Å². The van der Waals surface area contributed by atoms with Crippen molar-refractivity contribution in [3.8, 4) is 0 Å². The zero-order valence-corrected chi connectivity index (χ0v) is 14.1. The van der Waals surface area contributed by atoms with Gasteiger partial charge in [-0.25, -0.2) is 4.98 Å². The van der Waals surface area contributed by atoms with Crippen molar-refractivity contribution in [2.24, 2.45) is 7.05 Å². The fourth-order valence-electron chi connectivity index (χ4n) is 2.33.